The molecule has 1 aromatic heterocycles. The topological polar surface area (TPSA) is 92.4 Å². The van der Waals surface area contributed by atoms with Crippen molar-refractivity contribution in [2.24, 2.45) is 0 Å². The zero-order valence-corrected chi connectivity index (χ0v) is 15.7. The third-order valence-corrected chi connectivity index (χ3v) is 5.16. The molecule has 2 N–H and O–H groups in total. The van der Waals surface area contributed by atoms with E-state index in [4.69, 9.17) is 9.47 Å². The van der Waals surface area contributed by atoms with Crippen LogP contribution in [0.1, 0.15) is 11.3 Å². The summed E-state index contributed by atoms with van der Waals surface area (Å²) in [4.78, 5) is 13.6. The van der Waals surface area contributed by atoms with Gasteiger partial charge in [0.15, 0.2) is 12.4 Å². The number of ether oxygens (including phenoxy) is 2. The van der Waals surface area contributed by atoms with Gasteiger partial charge < -0.3 is 19.7 Å². The maximum Gasteiger partial charge on any atom is 0.262 e. The zero-order chi connectivity index (χ0) is 20.7. The van der Waals surface area contributed by atoms with E-state index in [0.29, 0.717) is 29.2 Å². The van der Waals surface area contributed by atoms with Crippen LogP contribution in [0.25, 0.3) is 0 Å². The molecule has 1 amide bonds. The van der Waals surface area contributed by atoms with Crippen LogP contribution < -0.4 is 19.7 Å². The molecule has 0 unspecified atom stereocenters. The predicted molar refractivity (Wildman–Crippen MR) is 102 cm³/mol. The summed E-state index contributed by atoms with van der Waals surface area (Å²) < 4.78 is 39.9. The first-order chi connectivity index (χ1) is 14.6. The van der Waals surface area contributed by atoms with E-state index < -0.39 is 17.5 Å². The van der Waals surface area contributed by atoms with Gasteiger partial charge in [-0.2, -0.15) is 15.4 Å². The van der Waals surface area contributed by atoms with Crippen molar-refractivity contribution < 1.29 is 23.0 Å². The first-order valence-corrected chi connectivity index (χ1v) is 9.36. The Morgan fingerprint density at radius 2 is 2.07 bits per heavy atom. The molecular formula is C20H17F2N5O3. The van der Waals surface area contributed by atoms with Gasteiger partial charge in [0.05, 0.1) is 23.6 Å². The third-order valence-electron chi connectivity index (χ3n) is 5.16. The molecule has 0 saturated carbocycles. The second-order valence-corrected chi connectivity index (χ2v) is 7.12. The molecule has 0 saturated heterocycles. The van der Waals surface area contributed by atoms with Crippen molar-refractivity contribution in [1.82, 2.24) is 15.4 Å². The van der Waals surface area contributed by atoms with Crippen LogP contribution >= 0.6 is 0 Å². The van der Waals surface area contributed by atoms with E-state index in [-0.39, 0.29) is 31.5 Å². The number of fused-ring (bicyclic) bond motifs is 2. The smallest absolute Gasteiger partial charge is 0.262 e. The maximum absolute atomic E-state index is 15.2. The summed E-state index contributed by atoms with van der Waals surface area (Å²) in [6, 6.07) is 7.33. The average Bonchev–Trinajstić information content (AvgIpc) is 3.25. The van der Waals surface area contributed by atoms with E-state index in [1.54, 1.807) is 24.4 Å². The Balaban J connectivity index is 1.51. The molecule has 1 atom stereocenters. The molecule has 3 aromatic rings. The number of nitrogens with one attached hydrogen (secondary N) is 2. The van der Waals surface area contributed by atoms with Gasteiger partial charge in [-0.3, -0.25) is 4.79 Å². The lowest BCUT2D eigenvalue weighted by Crippen LogP contribution is -2.44. The minimum atomic E-state index is -0.559. The highest BCUT2D eigenvalue weighted by Crippen LogP contribution is 2.38. The third kappa shape index (κ3) is 3.30. The van der Waals surface area contributed by atoms with Gasteiger partial charge in [-0.15, -0.1) is 0 Å². The van der Waals surface area contributed by atoms with E-state index in [0.717, 1.165) is 5.69 Å². The highest BCUT2D eigenvalue weighted by molar-refractivity contribution is 5.95. The van der Waals surface area contributed by atoms with E-state index in [9.17, 15) is 9.18 Å². The van der Waals surface area contributed by atoms with Crippen LogP contribution in [-0.2, 0) is 17.8 Å². The number of aromatic amines is 1. The number of nitrogens with zero attached hydrogens (tertiary/aromatic N) is 3. The number of hydrogen-bond acceptors (Lipinski definition) is 6. The van der Waals surface area contributed by atoms with Gasteiger partial charge >= 0.3 is 0 Å². The monoisotopic (exact) mass is 413 g/mol. The van der Waals surface area contributed by atoms with Crippen LogP contribution in [0, 0.1) is 11.6 Å². The molecule has 0 radical (unpaired) electrons. The molecule has 154 valence electrons. The van der Waals surface area contributed by atoms with E-state index in [2.05, 4.69) is 20.7 Å². The van der Waals surface area contributed by atoms with Gasteiger partial charge in [-0.25, -0.2) is 8.78 Å². The summed E-state index contributed by atoms with van der Waals surface area (Å²) in [5.41, 5.74) is 1.77. The Morgan fingerprint density at radius 3 is 2.90 bits per heavy atom. The van der Waals surface area contributed by atoms with Crippen LogP contribution in [0.3, 0.4) is 0 Å². The normalized spacial score (nSPS) is 17.5. The second kappa shape index (κ2) is 7.29. The van der Waals surface area contributed by atoms with Crippen LogP contribution in [-0.4, -0.2) is 40.6 Å². The SMILES string of the molecule is O=C1COc2ccc(CN3c4ccc(F)cc4OC[C@H]3Cc3cn[nH]n3)c(F)c2N1. The largest absolute Gasteiger partial charge is 0.489 e. The second-order valence-electron chi connectivity index (χ2n) is 7.12. The molecule has 2 aliphatic rings. The standard InChI is InChI=1S/C20H17F2N5O3/c21-12-2-3-15-17(5-12)29-9-14(6-13-7-23-26-25-13)27(15)8-11-1-4-16-20(19(11)22)24-18(28)10-30-16/h1-5,7,14H,6,8-10H2,(H,24,28)(H,23,25,26)/t14-/m1/s1. The minimum absolute atomic E-state index is 0.0318. The fourth-order valence-corrected chi connectivity index (χ4v) is 3.72. The van der Waals surface area contributed by atoms with Crippen LogP contribution in [0.2, 0.25) is 0 Å². The molecule has 5 rings (SSSR count). The Hall–Kier alpha value is -3.69. The molecule has 0 bridgehead atoms. The number of carbonyl (C=O) groups is 1. The molecule has 30 heavy (non-hydrogen) atoms. The molecule has 2 aliphatic heterocycles. The summed E-state index contributed by atoms with van der Waals surface area (Å²) in [7, 11) is 0. The number of carbonyl (C=O) groups excluding carboxylic acids is 1. The first-order valence-electron chi connectivity index (χ1n) is 9.36. The molecule has 8 nitrogen and oxygen atoms in total. The lowest BCUT2D eigenvalue weighted by molar-refractivity contribution is -0.118. The van der Waals surface area contributed by atoms with Crippen molar-refractivity contribution in [2.75, 3.05) is 23.4 Å². The highest BCUT2D eigenvalue weighted by Gasteiger charge is 2.31. The summed E-state index contributed by atoms with van der Waals surface area (Å²) >= 11 is 0. The lowest BCUT2D eigenvalue weighted by Gasteiger charge is -2.38. The van der Waals surface area contributed by atoms with Crippen molar-refractivity contribution in [2.45, 2.75) is 19.0 Å². The number of halogens is 2. The number of anilines is 2. The number of hydrogen-bond donors (Lipinski definition) is 2. The van der Waals surface area contributed by atoms with Crippen molar-refractivity contribution in [3.63, 3.8) is 0 Å². The summed E-state index contributed by atoms with van der Waals surface area (Å²) in [6.45, 7) is 0.309. The van der Waals surface area contributed by atoms with Gasteiger partial charge in [-0.05, 0) is 18.2 Å². The Morgan fingerprint density at radius 1 is 1.17 bits per heavy atom. The molecule has 0 spiro atoms. The molecule has 3 heterocycles. The van der Waals surface area contributed by atoms with Crippen molar-refractivity contribution >= 4 is 17.3 Å². The van der Waals surface area contributed by atoms with Crippen LogP contribution in [0.4, 0.5) is 20.2 Å². The van der Waals surface area contributed by atoms with Gasteiger partial charge in [0.2, 0.25) is 0 Å². The number of amides is 1. The first kappa shape index (κ1) is 18.3. The molecular weight excluding hydrogens is 396 g/mol. The molecule has 2 aromatic carbocycles. The molecule has 0 fully saturated rings. The summed E-state index contributed by atoms with van der Waals surface area (Å²) in [5.74, 6) is -0.699. The van der Waals surface area contributed by atoms with Crippen molar-refractivity contribution in [3.05, 3.63) is 59.4 Å². The van der Waals surface area contributed by atoms with Crippen LogP contribution in [0.15, 0.2) is 36.5 Å². The average molecular weight is 413 g/mol. The van der Waals surface area contributed by atoms with Gasteiger partial charge in [-0.1, -0.05) is 6.07 Å². The Labute approximate surface area is 169 Å². The van der Waals surface area contributed by atoms with Gasteiger partial charge in [0.1, 0.15) is 29.6 Å². The molecule has 10 heteroatoms. The Kier molecular flexibility index (Phi) is 4.46. The van der Waals surface area contributed by atoms with Crippen molar-refractivity contribution in [3.8, 4) is 11.5 Å². The maximum atomic E-state index is 15.2. The Bertz CT molecular complexity index is 1110. The zero-order valence-electron chi connectivity index (χ0n) is 15.7. The fraction of sp³-hybridized carbons (Fsp3) is 0.250. The van der Waals surface area contributed by atoms with Crippen LogP contribution in [0.5, 0.6) is 11.5 Å². The molecule has 0 aliphatic carbocycles. The number of rotatable bonds is 4. The minimum Gasteiger partial charge on any atom is -0.489 e. The fourth-order valence-electron chi connectivity index (χ4n) is 3.72. The van der Waals surface area contributed by atoms with Gasteiger partial charge in [0, 0.05) is 24.6 Å². The lowest BCUT2D eigenvalue weighted by atomic mass is 10.0. The van der Waals surface area contributed by atoms with E-state index in [1.807, 2.05) is 4.90 Å². The summed E-state index contributed by atoms with van der Waals surface area (Å²) in [5, 5.41) is 13.0. The van der Waals surface area contributed by atoms with Gasteiger partial charge in [0.25, 0.3) is 5.91 Å². The van der Waals surface area contributed by atoms with Crippen molar-refractivity contribution in [1.29, 1.82) is 0 Å². The summed E-state index contributed by atoms with van der Waals surface area (Å²) in [6.07, 6.45) is 2.12. The number of aromatic nitrogens is 3. The highest BCUT2D eigenvalue weighted by atomic mass is 19.1. The van der Waals surface area contributed by atoms with E-state index >= 15 is 4.39 Å². The predicted octanol–water partition coefficient (Wildman–Crippen LogP) is 2.42. The number of benzene rings is 2. The van der Waals surface area contributed by atoms with E-state index in [1.165, 1.54) is 12.1 Å². The quantitative estimate of drug-likeness (QED) is 0.683. The number of H-pyrrole nitrogens is 1.